The molecule has 1 fully saturated rings. The number of carboxylic acids is 1. The Morgan fingerprint density at radius 3 is 2.38 bits per heavy atom. The van der Waals surface area contributed by atoms with Crippen molar-refractivity contribution in [2.24, 2.45) is 5.92 Å². The summed E-state index contributed by atoms with van der Waals surface area (Å²) in [4.78, 5) is 27.9. The summed E-state index contributed by atoms with van der Waals surface area (Å²) in [6.45, 7) is 0.518. The van der Waals surface area contributed by atoms with Crippen LogP contribution in [-0.4, -0.2) is 48.9 Å². The molecule has 0 bridgehead atoms. The van der Waals surface area contributed by atoms with Crippen LogP contribution in [0.4, 0.5) is 5.69 Å². The average molecular weight is 632 g/mol. The third-order valence-electron chi connectivity index (χ3n) is 6.74. The topological polar surface area (TPSA) is 97.3 Å². The number of hydrogen-bond acceptors (Lipinski definition) is 6. The average Bonchev–Trinajstić information content (AvgIpc) is 3.50. The fourth-order valence-corrected chi connectivity index (χ4v) is 6.25. The van der Waals surface area contributed by atoms with Crippen molar-refractivity contribution in [3.63, 3.8) is 0 Å². The largest absolute Gasteiger partial charge is 0.497 e. The van der Waals surface area contributed by atoms with Gasteiger partial charge in [-0.25, -0.2) is 0 Å². The number of benzene rings is 3. The molecule has 0 radical (unpaired) electrons. The number of hydrogen-bond donors (Lipinski definition) is 2. The minimum Gasteiger partial charge on any atom is -0.497 e. The van der Waals surface area contributed by atoms with Gasteiger partial charge in [0.05, 0.1) is 25.3 Å². The molecule has 2 aliphatic heterocycles. The van der Waals surface area contributed by atoms with Gasteiger partial charge in [-0.05, 0) is 79.4 Å². The van der Waals surface area contributed by atoms with Crippen molar-refractivity contribution in [2.45, 2.75) is 12.0 Å². The molecule has 10 heteroatoms. The maximum absolute atomic E-state index is 13.2. The molecule has 1 amide bonds. The quantitative estimate of drug-likeness (QED) is 0.359. The summed E-state index contributed by atoms with van der Waals surface area (Å²) in [5, 5.41) is 13.4. The second-order valence-corrected chi connectivity index (χ2v) is 10.6. The number of halogens is 2. The Labute approximate surface area is 230 Å². The molecule has 192 valence electrons. The van der Waals surface area contributed by atoms with Gasteiger partial charge in [0.1, 0.15) is 5.75 Å². The van der Waals surface area contributed by atoms with Crippen LogP contribution in [0.3, 0.4) is 0 Å². The van der Waals surface area contributed by atoms with Crippen LogP contribution in [0.5, 0.6) is 17.2 Å². The molecule has 37 heavy (non-hydrogen) atoms. The van der Waals surface area contributed by atoms with Gasteiger partial charge in [0, 0.05) is 27.4 Å². The molecule has 3 atom stereocenters. The van der Waals surface area contributed by atoms with Crippen molar-refractivity contribution in [2.75, 3.05) is 32.3 Å². The van der Waals surface area contributed by atoms with E-state index in [1.807, 2.05) is 47.4 Å². The van der Waals surface area contributed by atoms with Crippen molar-refractivity contribution in [1.82, 2.24) is 4.90 Å². The zero-order valence-corrected chi connectivity index (χ0v) is 23.0. The number of carbonyl (C=O) groups is 2. The Morgan fingerprint density at radius 1 is 1.03 bits per heavy atom. The van der Waals surface area contributed by atoms with E-state index >= 15 is 0 Å². The van der Waals surface area contributed by atoms with Gasteiger partial charge in [0.2, 0.25) is 12.7 Å². The highest BCUT2D eigenvalue weighted by atomic mass is 79.9. The minimum absolute atomic E-state index is 0.00923. The van der Waals surface area contributed by atoms with E-state index in [4.69, 9.17) is 14.2 Å². The van der Waals surface area contributed by atoms with E-state index in [0.717, 1.165) is 20.1 Å². The number of carbonyl (C=O) groups excluding carboxylic acids is 1. The lowest BCUT2D eigenvalue weighted by Gasteiger charge is -2.27. The van der Waals surface area contributed by atoms with Gasteiger partial charge in [0.15, 0.2) is 11.5 Å². The van der Waals surface area contributed by atoms with E-state index in [9.17, 15) is 14.7 Å². The van der Waals surface area contributed by atoms with Crippen LogP contribution in [-0.2, 0) is 9.59 Å². The number of rotatable bonds is 7. The second-order valence-electron chi connectivity index (χ2n) is 8.88. The Hall–Kier alpha value is -3.08. The normalized spacial score (nSPS) is 20.6. The zero-order valence-electron chi connectivity index (χ0n) is 19.8. The first kappa shape index (κ1) is 25.6. The van der Waals surface area contributed by atoms with Gasteiger partial charge < -0.3 is 24.6 Å². The van der Waals surface area contributed by atoms with Crippen LogP contribution in [0.15, 0.2) is 69.6 Å². The molecule has 1 saturated heterocycles. The molecule has 2 N–H and O–H groups in total. The van der Waals surface area contributed by atoms with Crippen molar-refractivity contribution in [3.8, 4) is 17.2 Å². The molecule has 0 spiro atoms. The molecule has 8 nitrogen and oxygen atoms in total. The number of ether oxygens (including phenoxy) is 3. The van der Waals surface area contributed by atoms with E-state index < -0.39 is 17.9 Å². The highest BCUT2D eigenvalue weighted by Crippen LogP contribution is 2.47. The number of carboxylic acid groups (broad SMARTS) is 1. The number of amides is 1. The van der Waals surface area contributed by atoms with Crippen molar-refractivity contribution >= 4 is 49.4 Å². The first-order chi connectivity index (χ1) is 17.9. The lowest BCUT2D eigenvalue weighted by atomic mass is 9.82. The number of para-hydroxylation sites is 1. The predicted octanol–water partition coefficient (Wildman–Crippen LogP) is 5.43. The molecule has 2 heterocycles. The summed E-state index contributed by atoms with van der Waals surface area (Å²) in [6.07, 6.45) is 0. The van der Waals surface area contributed by atoms with E-state index in [2.05, 4.69) is 37.2 Å². The van der Waals surface area contributed by atoms with E-state index in [1.54, 1.807) is 25.3 Å². The summed E-state index contributed by atoms with van der Waals surface area (Å²) >= 11 is 6.95. The van der Waals surface area contributed by atoms with Gasteiger partial charge in [-0.1, -0.05) is 24.3 Å². The lowest BCUT2D eigenvalue weighted by Crippen LogP contribution is -2.35. The summed E-state index contributed by atoms with van der Waals surface area (Å²) in [6, 6.07) is 17.9. The SMILES string of the molecule is COc1ccc(C2C(C(=O)O)C(c3ccc4c(c3)OCO4)CN2CC(=O)Nc2c(Br)cccc2Br)cc1. The molecule has 3 aromatic carbocycles. The number of nitrogens with zero attached hydrogens (tertiary/aromatic N) is 1. The Kier molecular flexibility index (Phi) is 7.41. The number of likely N-dealkylation sites (tertiary alicyclic amines) is 1. The van der Waals surface area contributed by atoms with Crippen LogP contribution in [0.1, 0.15) is 23.1 Å². The maximum atomic E-state index is 13.2. The molecule has 0 aliphatic carbocycles. The van der Waals surface area contributed by atoms with Crippen LogP contribution in [0, 0.1) is 5.92 Å². The first-order valence-corrected chi connectivity index (χ1v) is 13.2. The molecule has 5 rings (SSSR count). The maximum Gasteiger partial charge on any atom is 0.309 e. The molecule has 0 aromatic heterocycles. The summed E-state index contributed by atoms with van der Waals surface area (Å²) in [7, 11) is 1.58. The summed E-state index contributed by atoms with van der Waals surface area (Å²) < 4.78 is 17.7. The van der Waals surface area contributed by atoms with Crippen LogP contribution >= 0.6 is 31.9 Å². The van der Waals surface area contributed by atoms with Crippen molar-refractivity contribution in [1.29, 1.82) is 0 Å². The fraction of sp³-hybridized carbons (Fsp3) is 0.259. The van der Waals surface area contributed by atoms with Crippen molar-refractivity contribution < 1.29 is 28.9 Å². The monoisotopic (exact) mass is 630 g/mol. The number of methoxy groups -OCH3 is 1. The van der Waals surface area contributed by atoms with E-state index in [0.29, 0.717) is 29.5 Å². The number of aliphatic carboxylic acids is 1. The van der Waals surface area contributed by atoms with Gasteiger partial charge in [-0.2, -0.15) is 0 Å². The molecule has 3 aromatic rings. The smallest absolute Gasteiger partial charge is 0.309 e. The molecule has 0 saturated carbocycles. The zero-order chi connectivity index (χ0) is 26.1. The highest BCUT2D eigenvalue weighted by molar-refractivity contribution is 9.11. The van der Waals surface area contributed by atoms with Crippen molar-refractivity contribution in [3.05, 3.63) is 80.7 Å². The Morgan fingerprint density at radius 2 is 1.70 bits per heavy atom. The Bertz CT molecular complexity index is 1310. The standard InChI is InChI=1S/C27H24Br2N2O6/c1-35-17-8-5-15(6-9-17)26-24(27(33)34)18(16-7-10-21-22(11-16)37-14-36-21)12-31(26)13-23(32)30-25-19(28)3-2-4-20(25)29/h2-11,18,24,26H,12-14H2,1H3,(H,30,32)(H,33,34). The Balaban J connectivity index is 1.49. The lowest BCUT2D eigenvalue weighted by molar-refractivity contribution is -0.143. The molecular formula is C27H24Br2N2O6. The third kappa shape index (κ3) is 5.18. The van der Waals surface area contributed by atoms with Crippen LogP contribution in [0.25, 0.3) is 0 Å². The van der Waals surface area contributed by atoms with Crippen LogP contribution in [0.2, 0.25) is 0 Å². The minimum atomic E-state index is -0.931. The summed E-state index contributed by atoms with van der Waals surface area (Å²) in [5.74, 6) is -0.447. The number of fused-ring (bicyclic) bond motifs is 1. The van der Waals surface area contributed by atoms with Crippen LogP contribution < -0.4 is 19.5 Å². The predicted molar refractivity (Wildman–Crippen MR) is 144 cm³/mol. The number of anilines is 1. The fourth-order valence-electron chi connectivity index (χ4n) is 5.05. The second kappa shape index (κ2) is 10.7. The number of nitrogens with one attached hydrogen (secondary N) is 1. The molecule has 2 aliphatic rings. The molecule has 3 unspecified atom stereocenters. The van der Waals surface area contributed by atoms with E-state index in [1.165, 1.54) is 0 Å². The summed E-state index contributed by atoms with van der Waals surface area (Å²) in [5.41, 5.74) is 2.24. The third-order valence-corrected chi connectivity index (χ3v) is 8.06. The van der Waals surface area contributed by atoms with Gasteiger partial charge in [-0.3, -0.25) is 14.5 Å². The molecular weight excluding hydrogens is 608 g/mol. The highest BCUT2D eigenvalue weighted by Gasteiger charge is 2.48. The van der Waals surface area contributed by atoms with E-state index in [-0.39, 0.29) is 25.2 Å². The first-order valence-electron chi connectivity index (χ1n) is 11.6. The van der Waals surface area contributed by atoms with Gasteiger partial charge in [0.25, 0.3) is 0 Å². The van der Waals surface area contributed by atoms with Gasteiger partial charge >= 0.3 is 5.97 Å². The van der Waals surface area contributed by atoms with Gasteiger partial charge in [-0.15, -0.1) is 0 Å².